The number of alkyl halides is 3. The number of nitrogens with one attached hydrogen (secondary N) is 1. The second kappa shape index (κ2) is 7.85. The van der Waals surface area contributed by atoms with E-state index in [4.69, 9.17) is 10.5 Å². The average Bonchev–Trinajstić information content (AvgIpc) is 2.55. The topological polar surface area (TPSA) is 73.6 Å². The number of carbonyl (C=O) groups is 1. The first kappa shape index (κ1) is 18.5. The van der Waals surface area contributed by atoms with Gasteiger partial charge in [-0.1, -0.05) is 12.1 Å². The van der Waals surface area contributed by atoms with Gasteiger partial charge in [0.05, 0.1) is 5.41 Å². The summed E-state index contributed by atoms with van der Waals surface area (Å²) < 4.78 is 45.4. The molecule has 1 aromatic rings. The predicted octanol–water partition coefficient (Wildman–Crippen LogP) is 2.00. The van der Waals surface area contributed by atoms with Crippen LogP contribution in [-0.4, -0.2) is 38.6 Å². The van der Waals surface area contributed by atoms with Crippen LogP contribution >= 0.6 is 0 Å². The fraction of sp³-hybridized carbons (Fsp3) is 0.562. The van der Waals surface area contributed by atoms with Gasteiger partial charge in [-0.05, 0) is 37.0 Å². The fourth-order valence-electron chi connectivity index (χ4n) is 2.65. The normalized spacial score (nSPS) is 17.3. The lowest BCUT2D eigenvalue weighted by atomic mass is 9.79. The van der Waals surface area contributed by atoms with E-state index in [1.54, 1.807) is 12.1 Å². The Morgan fingerprint density at radius 3 is 2.42 bits per heavy atom. The molecule has 1 aliphatic rings. The molecular weight excluding hydrogens is 325 g/mol. The number of benzene rings is 1. The van der Waals surface area contributed by atoms with Gasteiger partial charge in [0.1, 0.15) is 5.75 Å². The molecule has 0 bridgehead atoms. The van der Waals surface area contributed by atoms with Crippen LogP contribution in [0.25, 0.3) is 0 Å². The minimum absolute atomic E-state index is 0.0923. The summed E-state index contributed by atoms with van der Waals surface area (Å²) in [6.07, 6.45) is -3.00. The third-order valence-electron chi connectivity index (χ3n) is 4.18. The van der Waals surface area contributed by atoms with Gasteiger partial charge in [-0.3, -0.25) is 4.79 Å². The van der Waals surface area contributed by atoms with E-state index in [0.29, 0.717) is 39.0 Å². The Labute approximate surface area is 138 Å². The summed E-state index contributed by atoms with van der Waals surface area (Å²) in [6, 6.07) is 5.59. The van der Waals surface area contributed by atoms with Gasteiger partial charge in [0.15, 0.2) is 0 Å². The van der Waals surface area contributed by atoms with Crippen molar-refractivity contribution in [2.24, 2.45) is 11.1 Å². The highest BCUT2D eigenvalue weighted by Gasteiger charge is 2.38. The largest absolute Gasteiger partial charge is 0.573 e. The molecule has 1 aliphatic heterocycles. The summed E-state index contributed by atoms with van der Waals surface area (Å²) >= 11 is 0. The van der Waals surface area contributed by atoms with Crippen LogP contribution in [0.15, 0.2) is 24.3 Å². The van der Waals surface area contributed by atoms with Gasteiger partial charge < -0.3 is 20.5 Å². The van der Waals surface area contributed by atoms with Gasteiger partial charge in [-0.25, -0.2) is 0 Å². The molecule has 1 fully saturated rings. The van der Waals surface area contributed by atoms with Crippen LogP contribution in [0.2, 0.25) is 0 Å². The van der Waals surface area contributed by atoms with Crippen molar-refractivity contribution in [2.75, 3.05) is 26.3 Å². The minimum atomic E-state index is -4.70. The molecule has 5 nitrogen and oxygen atoms in total. The van der Waals surface area contributed by atoms with Crippen LogP contribution in [0.3, 0.4) is 0 Å². The number of rotatable bonds is 6. The van der Waals surface area contributed by atoms with Crippen LogP contribution in [0.5, 0.6) is 5.75 Å². The Hall–Kier alpha value is -1.80. The van der Waals surface area contributed by atoms with E-state index in [1.807, 2.05) is 0 Å². The molecule has 1 saturated heterocycles. The van der Waals surface area contributed by atoms with E-state index in [0.717, 1.165) is 5.56 Å². The van der Waals surface area contributed by atoms with Gasteiger partial charge in [-0.15, -0.1) is 13.2 Å². The quantitative estimate of drug-likeness (QED) is 0.826. The summed E-state index contributed by atoms with van der Waals surface area (Å²) in [5.41, 5.74) is 5.99. The Balaban J connectivity index is 1.82. The van der Waals surface area contributed by atoms with Crippen molar-refractivity contribution >= 4 is 5.91 Å². The zero-order chi connectivity index (χ0) is 17.6. The lowest BCUT2D eigenvalue weighted by Gasteiger charge is -2.34. The van der Waals surface area contributed by atoms with Crippen molar-refractivity contribution in [2.45, 2.75) is 25.6 Å². The van der Waals surface area contributed by atoms with Crippen LogP contribution in [0.4, 0.5) is 13.2 Å². The Morgan fingerprint density at radius 1 is 1.25 bits per heavy atom. The van der Waals surface area contributed by atoms with Crippen LogP contribution in [0, 0.1) is 5.41 Å². The molecule has 1 amide bonds. The van der Waals surface area contributed by atoms with E-state index >= 15 is 0 Å². The molecular formula is C16H21F3N2O3. The summed E-state index contributed by atoms with van der Waals surface area (Å²) in [4.78, 5) is 12.4. The van der Waals surface area contributed by atoms with Crippen molar-refractivity contribution in [3.63, 3.8) is 0 Å². The van der Waals surface area contributed by atoms with E-state index in [2.05, 4.69) is 10.1 Å². The van der Waals surface area contributed by atoms with Crippen molar-refractivity contribution in [1.82, 2.24) is 5.32 Å². The maximum atomic E-state index is 12.4. The summed E-state index contributed by atoms with van der Waals surface area (Å²) in [5, 5.41) is 2.86. The predicted molar refractivity (Wildman–Crippen MR) is 81.4 cm³/mol. The molecule has 2 rings (SSSR count). The SMILES string of the molecule is NCC1(C(=O)NCCc2ccc(OC(F)(F)F)cc2)CCOCC1. The third-order valence-corrected chi connectivity index (χ3v) is 4.18. The molecule has 1 aromatic carbocycles. The molecule has 0 aromatic heterocycles. The van der Waals surface area contributed by atoms with E-state index in [1.165, 1.54) is 12.1 Å². The van der Waals surface area contributed by atoms with E-state index in [9.17, 15) is 18.0 Å². The lowest BCUT2D eigenvalue weighted by Crippen LogP contribution is -2.49. The number of carbonyl (C=O) groups excluding carboxylic acids is 1. The van der Waals surface area contributed by atoms with Gasteiger partial charge in [0, 0.05) is 26.3 Å². The smallest absolute Gasteiger partial charge is 0.406 e. The lowest BCUT2D eigenvalue weighted by molar-refractivity contribution is -0.274. The van der Waals surface area contributed by atoms with Crippen molar-refractivity contribution in [3.8, 4) is 5.75 Å². The first-order valence-electron chi connectivity index (χ1n) is 7.75. The third kappa shape index (κ3) is 5.10. The van der Waals surface area contributed by atoms with Crippen molar-refractivity contribution in [3.05, 3.63) is 29.8 Å². The second-order valence-electron chi connectivity index (χ2n) is 5.79. The highest BCUT2D eigenvalue weighted by atomic mass is 19.4. The number of hydrogen-bond acceptors (Lipinski definition) is 4. The standard InChI is InChI=1S/C16H21F3N2O3/c17-16(18,19)24-13-3-1-12(2-4-13)5-8-21-14(22)15(11-20)6-9-23-10-7-15/h1-4H,5-11,20H2,(H,21,22). The summed E-state index contributed by atoms with van der Waals surface area (Å²) in [6.45, 7) is 1.70. The van der Waals surface area contributed by atoms with Gasteiger partial charge in [-0.2, -0.15) is 0 Å². The Bertz CT molecular complexity index is 540. The highest BCUT2D eigenvalue weighted by molar-refractivity contribution is 5.83. The van der Waals surface area contributed by atoms with Gasteiger partial charge >= 0.3 is 6.36 Å². The molecule has 134 valence electrons. The number of ether oxygens (including phenoxy) is 2. The van der Waals surface area contributed by atoms with Crippen molar-refractivity contribution in [1.29, 1.82) is 0 Å². The van der Waals surface area contributed by atoms with Crippen LogP contribution < -0.4 is 15.8 Å². The molecule has 24 heavy (non-hydrogen) atoms. The summed E-state index contributed by atoms with van der Waals surface area (Å²) in [5.74, 6) is -0.357. The molecule has 0 aliphatic carbocycles. The van der Waals surface area contributed by atoms with Crippen LogP contribution in [-0.2, 0) is 16.0 Å². The summed E-state index contributed by atoms with van der Waals surface area (Å²) in [7, 11) is 0. The number of amides is 1. The first-order chi connectivity index (χ1) is 11.3. The monoisotopic (exact) mass is 346 g/mol. The minimum Gasteiger partial charge on any atom is -0.406 e. The molecule has 3 N–H and O–H groups in total. The van der Waals surface area contributed by atoms with Gasteiger partial charge in [0.2, 0.25) is 5.91 Å². The molecule has 8 heteroatoms. The second-order valence-corrected chi connectivity index (χ2v) is 5.79. The van der Waals surface area contributed by atoms with E-state index < -0.39 is 11.8 Å². The average molecular weight is 346 g/mol. The zero-order valence-electron chi connectivity index (χ0n) is 13.2. The maximum Gasteiger partial charge on any atom is 0.573 e. The highest BCUT2D eigenvalue weighted by Crippen LogP contribution is 2.29. The van der Waals surface area contributed by atoms with Gasteiger partial charge in [0.25, 0.3) is 0 Å². The molecule has 0 atom stereocenters. The number of hydrogen-bond donors (Lipinski definition) is 2. The Morgan fingerprint density at radius 2 is 1.88 bits per heavy atom. The maximum absolute atomic E-state index is 12.4. The van der Waals surface area contributed by atoms with Crippen LogP contribution in [0.1, 0.15) is 18.4 Å². The van der Waals surface area contributed by atoms with E-state index in [-0.39, 0.29) is 18.2 Å². The molecule has 0 unspecified atom stereocenters. The molecule has 0 radical (unpaired) electrons. The fourth-order valence-corrected chi connectivity index (χ4v) is 2.65. The molecule has 1 heterocycles. The molecule has 0 spiro atoms. The Kier molecular flexibility index (Phi) is 6.06. The number of halogens is 3. The first-order valence-corrected chi connectivity index (χ1v) is 7.75. The molecule has 0 saturated carbocycles. The number of nitrogens with two attached hydrogens (primary N) is 1. The zero-order valence-corrected chi connectivity index (χ0v) is 13.2. The van der Waals surface area contributed by atoms with Crippen molar-refractivity contribution < 1.29 is 27.4 Å².